The molecule has 3 N–H and O–H groups in total. The number of rotatable bonds is 4. The quantitative estimate of drug-likeness (QED) is 0.894. The number of hydrogen-bond donors (Lipinski definition) is 2. The standard InChI is InChI=1S/C13H19ClN2OS/c14-11-5-4-10(18-11)6-9-16-12(17)13(15)7-2-1-3-8-13/h4-5H,1-3,6-9,15H2,(H,16,17). The average molecular weight is 287 g/mol. The second-order valence-electron chi connectivity index (χ2n) is 4.93. The molecule has 0 aromatic carbocycles. The monoisotopic (exact) mass is 286 g/mol. The zero-order valence-corrected chi connectivity index (χ0v) is 11.9. The maximum absolute atomic E-state index is 12.1. The van der Waals surface area contributed by atoms with Crippen LogP contribution in [0.3, 0.4) is 0 Å². The van der Waals surface area contributed by atoms with Crippen LogP contribution in [0.4, 0.5) is 0 Å². The summed E-state index contributed by atoms with van der Waals surface area (Å²) in [7, 11) is 0. The lowest BCUT2D eigenvalue weighted by Gasteiger charge is -2.31. The van der Waals surface area contributed by atoms with Crippen LogP contribution in [-0.2, 0) is 11.2 Å². The highest BCUT2D eigenvalue weighted by Gasteiger charge is 2.34. The van der Waals surface area contributed by atoms with Gasteiger partial charge in [-0.15, -0.1) is 11.3 Å². The van der Waals surface area contributed by atoms with E-state index in [-0.39, 0.29) is 5.91 Å². The van der Waals surface area contributed by atoms with E-state index in [0.29, 0.717) is 6.54 Å². The van der Waals surface area contributed by atoms with Crippen LogP contribution in [0.1, 0.15) is 37.0 Å². The molecular weight excluding hydrogens is 268 g/mol. The molecule has 0 bridgehead atoms. The van der Waals surface area contributed by atoms with Gasteiger partial charge in [-0.1, -0.05) is 30.9 Å². The lowest BCUT2D eigenvalue weighted by Crippen LogP contribution is -2.55. The summed E-state index contributed by atoms with van der Waals surface area (Å²) in [5.74, 6) is 0.00449. The fraction of sp³-hybridized carbons (Fsp3) is 0.615. The van der Waals surface area contributed by atoms with Crippen LogP contribution in [0.5, 0.6) is 0 Å². The maximum Gasteiger partial charge on any atom is 0.240 e. The molecule has 2 rings (SSSR count). The number of nitrogens with one attached hydrogen (secondary N) is 1. The normalized spacial score (nSPS) is 18.6. The molecule has 100 valence electrons. The van der Waals surface area contributed by atoms with Crippen LogP contribution < -0.4 is 11.1 Å². The van der Waals surface area contributed by atoms with Crippen molar-refractivity contribution in [2.75, 3.05) is 6.54 Å². The van der Waals surface area contributed by atoms with Crippen LogP contribution in [0.15, 0.2) is 12.1 Å². The third-order valence-electron chi connectivity index (χ3n) is 3.48. The molecule has 1 aromatic rings. The van der Waals surface area contributed by atoms with Gasteiger partial charge in [0, 0.05) is 11.4 Å². The van der Waals surface area contributed by atoms with E-state index in [1.54, 1.807) is 11.3 Å². The molecule has 1 fully saturated rings. The van der Waals surface area contributed by atoms with Crippen LogP contribution >= 0.6 is 22.9 Å². The Bertz CT molecular complexity index is 413. The van der Waals surface area contributed by atoms with Crippen molar-refractivity contribution in [3.63, 3.8) is 0 Å². The van der Waals surface area contributed by atoms with Crippen molar-refractivity contribution in [2.45, 2.75) is 44.1 Å². The highest BCUT2D eigenvalue weighted by atomic mass is 35.5. The third kappa shape index (κ3) is 3.46. The largest absolute Gasteiger partial charge is 0.354 e. The molecule has 1 aromatic heterocycles. The van der Waals surface area contributed by atoms with Crippen LogP contribution in [0.25, 0.3) is 0 Å². The first kappa shape index (κ1) is 13.8. The fourth-order valence-electron chi connectivity index (χ4n) is 2.37. The second kappa shape index (κ2) is 6.04. The van der Waals surface area contributed by atoms with E-state index in [9.17, 15) is 4.79 Å². The molecule has 1 heterocycles. The van der Waals surface area contributed by atoms with E-state index in [1.807, 2.05) is 12.1 Å². The highest BCUT2D eigenvalue weighted by Crippen LogP contribution is 2.26. The van der Waals surface area contributed by atoms with Crippen molar-refractivity contribution in [2.24, 2.45) is 5.73 Å². The topological polar surface area (TPSA) is 55.1 Å². The summed E-state index contributed by atoms with van der Waals surface area (Å²) in [5, 5.41) is 2.95. The summed E-state index contributed by atoms with van der Waals surface area (Å²) in [6, 6.07) is 3.88. The molecular formula is C13H19ClN2OS. The molecule has 0 saturated heterocycles. The number of thiophene rings is 1. The van der Waals surface area contributed by atoms with Gasteiger partial charge in [0.25, 0.3) is 0 Å². The summed E-state index contributed by atoms with van der Waals surface area (Å²) in [5.41, 5.74) is 5.52. The zero-order chi connectivity index (χ0) is 13.0. The van der Waals surface area contributed by atoms with Crippen molar-refractivity contribution in [3.8, 4) is 0 Å². The van der Waals surface area contributed by atoms with E-state index in [4.69, 9.17) is 17.3 Å². The second-order valence-corrected chi connectivity index (χ2v) is 6.73. The zero-order valence-electron chi connectivity index (χ0n) is 10.4. The molecule has 5 heteroatoms. The lowest BCUT2D eigenvalue weighted by atomic mass is 9.82. The highest BCUT2D eigenvalue weighted by molar-refractivity contribution is 7.16. The molecule has 0 aliphatic heterocycles. The van der Waals surface area contributed by atoms with E-state index in [1.165, 1.54) is 11.3 Å². The summed E-state index contributed by atoms with van der Waals surface area (Å²) < 4.78 is 0.791. The summed E-state index contributed by atoms with van der Waals surface area (Å²) in [6.45, 7) is 0.634. The number of hydrogen-bond acceptors (Lipinski definition) is 3. The average Bonchev–Trinajstić information content (AvgIpc) is 2.76. The lowest BCUT2D eigenvalue weighted by molar-refractivity contribution is -0.127. The Morgan fingerprint density at radius 3 is 2.72 bits per heavy atom. The van der Waals surface area contributed by atoms with Crippen molar-refractivity contribution < 1.29 is 4.79 Å². The van der Waals surface area contributed by atoms with Crippen LogP contribution in [0.2, 0.25) is 4.34 Å². The van der Waals surface area contributed by atoms with Gasteiger partial charge in [0.1, 0.15) is 0 Å². The molecule has 18 heavy (non-hydrogen) atoms. The SMILES string of the molecule is NC1(C(=O)NCCc2ccc(Cl)s2)CCCCC1. The minimum atomic E-state index is -0.634. The van der Waals surface area contributed by atoms with E-state index < -0.39 is 5.54 Å². The predicted octanol–water partition coefficient (Wildman–Crippen LogP) is 2.72. The van der Waals surface area contributed by atoms with Crippen molar-refractivity contribution in [1.82, 2.24) is 5.32 Å². The summed E-state index contributed by atoms with van der Waals surface area (Å²) in [4.78, 5) is 13.2. The van der Waals surface area contributed by atoms with Gasteiger partial charge >= 0.3 is 0 Å². The molecule has 0 radical (unpaired) electrons. The number of carbonyl (C=O) groups is 1. The molecule has 1 amide bonds. The van der Waals surface area contributed by atoms with Crippen LogP contribution in [-0.4, -0.2) is 18.0 Å². The minimum absolute atomic E-state index is 0.00449. The first-order valence-electron chi connectivity index (χ1n) is 6.41. The Labute approximate surface area is 117 Å². The van der Waals surface area contributed by atoms with Gasteiger partial charge in [0.05, 0.1) is 9.88 Å². The number of amides is 1. The minimum Gasteiger partial charge on any atom is -0.354 e. The van der Waals surface area contributed by atoms with Gasteiger partial charge in [0.15, 0.2) is 0 Å². The Kier molecular flexibility index (Phi) is 4.65. The fourth-order valence-corrected chi connectivity index (χ4v) is 3.46. The van der Waals surface area contributed by atoms with Gasteiger partial charge in [-0.05, 0) is 31.4 Å². The third-order valence-corrected chi connectivity index (χ3v) is 4.77. The Balaban J connectivity index is 1.77. The molecule has 3 nitrogen and oxygen atoms in total. The van der Waals surface area contributed by atoms with Gasteiger partial charge in [0.2, 0.25) is 5.91 Å². The van der Waals surface area contributed by atoms with Gasteiger partial charge < -0.3 is 11.1 Å². The molecule has 1 saturated carbocycles. The van der Waals surface area contributed by atoms with Crippen molar-refractivity contribution in [1.29, 1.82) is 0 Å². The first-order valence-corrected chi connectivity index (χ1v) is 7.61. The molecule has 1 aliphatic carbocycles. The predicted molar refractivity (Wildman–Crippen MR) is 76.0 cm³/mol. The number of nitrogens with two attached hydrogens (primary N) is 1. The van der Waals surface area contributed by atoms with E-state index in [2.05, 4.69) is 5.32 Å². The Hall–Kier alpha value is -0.580. The van der Waals surface area contributed by atoms with Gasteiger partial charge in [-0.2, -0.15) is 0 Å². The van der Waals surface area contributed by atoms with Crippen LogP contribution in [0, 0.1) is 0 Å². The number of halogens is 1. The molecule has 0 spiro atoms. The number of carbonyl (C=O) groups excluding carboxylic acids is 1. The van der Waals surface area contributed by atoms with Gasteiger partial charge in [-0.3, -0.25) is 4.79 Å². The molecule has 0 unspecified atom stereocenters. The van der Waals surface area contributed by atoms with Crippen molar-refractivity contribution in [3.05, 3.63) is 21.3 Å². The Morgan fingerprint density at radius 1 is 1.39 bits per heavy atom. The van der Waals surface area contributed by atoms with Gasteiger partial charge in [-0.25, -0.2) is 0 Å². The first-order chi connectivity index (χ1) is 8.60. The summed E-state index contributed by atoms with van der Waals surface area (Å²) in [6.07, 6.45) is 5.75. The summed E-state index contributed by atoms with van der Waals surface area (Å²) >= 11 is 7.41. The maximum atomic E-state index is 12.1. The molecule has 1 aliphatic rings. The Morgan fingerprint density at radius 2 is 2.11 bits per heavy atom. The van der Waals surface area contributed by atoms with E-state index in [0.717, 1.165) is 36.4 Å². The van der Waals surface area contributed by atoms with Crippen molar-refractivity contribution >= 4 is 28.8 Å². The molecule has 0 atom stereocenters. The van der Waals surface area contributed by atoms with E-state index >= 15 is 0 Å². The smallest absolute Gasteiger partial charge is 0.240 e.